The van der Waals surface area contributed by atoms with Gasteiger partial charge in [0.05, 0.1) is 16.3 Å². The van der Waals surface area contributed by atoms with Crippen LogP contribution in [-0.2, 0) is 11.9 Å². The van der Waals surface area contributed by atoms with Crippen molar-refractivity contribution in [2.75, 3.05) is 0 Å². The van der Waals surface area contributed by atoms with E-state index in [1.807, 2.05) is 12.3 Å². The number of pyridine rings is 1. The molecular weight excluding hydrogens is 423 g/mol. The van der Waals surface area contributed by atoms with Gasteiger partial charge in [-0.15, -0.1) is 21.5 Å². The molecule has 0 saturated heterocycles. The van der Waals surface area contributed by atoms with Crippen LogP contribution in [0.1, 0.15) is 17.0 Å². The fraction of sp³-hybridized carbons (Fsp3) is 0.200. The maximum atomic E-state index is 13.0. The van der Waals surface area contributed by atoms with Crippen LogP contribution in [0.25, 0.3) is 10.6 Å². The highest BCUT2D eigenvalue weighted by atomic mass is 35.5. The predicted molar refractivity (Wildman–Crippen MR) is 96.6 cm³/mol. The van der Waals surface area contributed by atoms with Gasteiger partial charge in [0.1, 0.15) is 0 Å². The highest BCUT2D eigenvalue weighted by Crippen LogP contribution is 2.33. The van der Waals surface area contributed by atoms with Gasteiger partial charge in [0, 0.05) is 29.1 Å². The van der Waals surface area contributed by atoms with Gasteiger partial charge in [0.25, 0.3) is 5.56 Å². The molecule has 4 heterocycles. The summed E-state index contributed by atoms with van der Waals surface area (Å²) < 4.78 is 41.7. The number of fused-ring (bicyclic) bond motifs is 2. The van der Waals surface area contributed by atoms with Gasteiger partial charge in [0.15, 0.2) is 15.8 Å². The van der Waals surface area contributed by atoms with Gasteiger partial charge in [0.2, 0.25) is 0 Å². The van der Waals surface area contributed by atoms with Crippen LogP contribution in [0.2, 0.25) is 5.02 Å². The van der Waals surface area contributed by atoms with E-state index in [4.69, 9.17) is 11.6 Å². The summed E-state index contributed by atoms with van der Waals surface area (Å²) in [5.41, 5.74) is 0.326. The van der Waals surface area contributed by atoms with E-state index in [1.165, 1.54) is 26.2 Å². The zero-order valence-electron chi connectivity index (χ0n) is 13.5. The molecule has 4 aromatic heterocycles. The fourth-order valence-corrected chi connectivity index (χ4v) is 4.44. The molecule has 0 aromatic carbocycles. The van der Waals surface area contributed by atoms with Crippen molar-refractivity contribution < 1.29 is 13.2 Å². The molecule has 0 N–H and O–H groups in total. The van der Waals surface area contributed by atoms with Crippen LogP contribution in [0.4, 0.5) is 13.2 Å². The molecule has 0 aliphatic rings. The third-order valence-corrected chi connectivity index (χ3v) is 5.93. The Morgan fingerprint density at radius 1 is 1.30 bits per heavy atom. The number of thioether (sulfide) groups is 1. The molecular formula is C15H9ClF3N5OS2. The minimum atomic E-state index is -4.54. The zero-order valence-corrected chi connectivity index (χ0v) is 15.9. The van der Waals surface area contributed by atoms with Crippen molar-refractivity contribution in [1.29, 1.82) is 0 Å². The molecule has 0 amide bonds. The van der Waals surface area contributed by atoms with E-state index in [1.54, 1.807) is 0 Å². The molecule has 0 unspecified atom stereocenters. The fourth-order valence-electron chi connectivity index (χ4n) is 2.50. The van der Waals surface area contributed by atoms with E-state index < -0.39 is 11.7 Å². The summed E-state index contributed by atoms with van der Waals surface area (Å²) in [6, 6.07) is 2.21. The van der Waals surface area contributed by atoms with E-state index >= 15 is 0 Å². The SMILES string of the molecule is Cc1csc2nc(CSc3nnc4c(Cl)cc(C(F)(F)F)cn34)cc(=O)n12. The third-order valence-electron chi connectivity index (χ3n) is 3.73. The minimum Gasteiger partial charge on any atom is -0.276 e. The molecule has 0 aliphatic carbocycles. The van der Waals surface area contributed by atoms with Crippen LogP contribution in [0.15, 0.2) is 33.7 Å². The average Bonchev–Trinajstić information content (AvgIpc) is 3.16. The molecule has 12 heteroatoms. The number of hydrogen-bond donors (Lipinski definition) is 0. The van der Waals surface area contributed by atoms with Crippen molar-refractivity contribution in [2.24, 2.45) is 0 Å². The van der Waals surface area contributed by atoms with Crippen LogP contribution in [-0.4, -0.2) is 24.0 Å². The summed E-state index contributed by atoms with van der Waals surface area (Å²) in [7, 11) is 0. The lowest BCUT2D eigenvalue weighted by atomic mass is 10.3. The highest BCUT2D eigenvalue weighted by molar-refractivity contribution is 7.98. The molecule has 0 aliphatic heterocycles. The maximum absolute atomic E-state index is 13.0. The summed E-state index contributed by atoms with van der Waals surface area (Å²) >= 11 is 8.36. The number of thiazole rings is 1. The van der Waals surface area contributed by atoms with Gasteiger partial charge in [-0.05, 0) is 13.0 Å². The van der Waals surface area contributed by atoms with Crippen LogP contribution in [0, 0.1) is 6.92 Å². The van der Waals surface area contributed by atoms with Gasteiger partial charge < -0.3 is 0 Å². The molecule has 4 rings (SSSR count). The molecule has 4 aromatic rings. The molecule has 0 fully saturated rings. The van der Waals surface area contributed by atoms with Crippen molar-refractivity contribution >= 4 is 45.3 Å². The Bertz CT molecular complexity index is 1230. The number of alkyl halides is 3. The highest BCUT2D eigenvalue weighted by Gasteiger charge is 2.32. The summed E-state index contributed by atoms with van der Waals surface area (Å²) in [6.45, 7) is 1.81. The Labute approximate surface area is 162 Å². The van der Waals surface area contributed by atoms with Crippen molar-refractivity contribution in [3.8, 4) is 0 Å². The first-order valence-electron chi connectivity index (χ1n) is 7.45. The average molecular weight is 432 g/mol. The Balaban J connectivity index is 1.68. The number of aryl methyl sites for hydroxylation is 1. The molecule has 6 nitrogen and oxygen atoms in total. The number of rotatable bonds is 3. The number of hydrogen-bond acceptors (Lipinski definition) is 6. The lowest BCUT2D eigenvalue weighted by Gasteiger charge is -2.08. The second-order valence-electron chi connectivity index (χ2n) is 5.62. The molecule has 0 spiro atoms. The van der Waals surface area contributed by atoms with Gasteiger partial charge in [-0.1, -0.05) is 23.4 Å². The van der Waals surface area contributed by atoms with Crippen molar-refractivity contribution in [2.45, 2.75) is 24.0 Å². The Kier molecular flexibility index (Phi) is 4.40. The van der Waals surface area contributed by atoms with Crippen LogP contribution < -0.4 is 5.56 Å². The smallest absolute Gasteiger partial charge is 0.276 e. The summed E-state index contributed by atoms with van der Waals surface area (Å²) in [6.07, 6.45) is -3.64. The van der Waals surface area contributed by atoms with Crippen molar-refractivity contribution in [1.82, 2.24) is 24.0 Å². The number of halogens is 4. The predicted octanol–water partition coefficient (Wildman–Crippen LogP) is 4.07. The normalized spacial score (nSPS) is 12.3. The second-order valence-corrected chi connectivity index (χ2v) is 7.81. The third kappa shape index (κ3) is 3.30. The first-order chi connectivity index (χ1) is 12.7. The van der Waals surface area contributed by atoms with E-state index in [9.17, 15) is 18.0 Å². The van der Waals surface area contributed by atoms with Crippen LogP contribution in [0.3, 0.4) is 0 Å². The summed E-state index contributed by atoms with van der Waals surface area (Å²) in [5.74, 6) is 0.247. The summed E-state index contributed by atoms with van der Waals surface area (Å²) in [5, 5.41) is 9.64. The molecule has 140 valence electrons. The van der Waals surface area contributed by atoms with Crippen molar-refractivity contribution in [3.05, 3.63) is 56.0 Å². The lowest BCUT2D eigenvalue weighted by molar-refractivity contribution is -0.137. The van der Waals surface area contributed by atoms with E-state index in [0.29, 0.717) is 10.7 Å². The number of aromatic nitrogens is 5. The molecule has 27 heavy (non-hydrogen) atoms. The minimum absolute atomic E-state index is 0.129. The molecule has 0 atom stereocenters. The first kappa shape index (κ1) is 18.3. The van der Waals surface area contributed by atoms with Gasteiger partial charge in [-0.3, -0.25) is 13.6 Å². The van der Waals surface area contributed by atoms with Crippen LogP contribution >= 0.6 is 34.7 Å². The monoisotopic (exact) mass is 431 g/mol. The van der Waals surface area contributed by atoms with Gasteiger partial charge in [-0.25, -0.2) is 4.98 Å². The van der Waals surface area contributed by atoms with Gasteiger partial charge in [-0.2, -0.15) is 13.2 Å². The maximum Gasteiger partial charge on any atom is 0.417 e. The standard InChI is InChI=1S/C15H9ClF3N5OS2/c1-7-5-26-13-20-9(3-11(25)24(7)13)6-27-14-22-21-12-10(16)2-8(4-23(12)14)15(17,18)19/h2-5H,6H2,1H3. The summed E-state index contributed by atoms with van der Waals surface area (Å²) in [4.78, 5) is 17.2. The Morgan fingerprint density at radius 2 is 2.07 bits per heavy atom. The zero-order chi connectivity index (χ0) is 19.3. The lowest BCUT2D eigenvalue weighted by Crippen LogP contribution is -2.14. The largest absolute Gasteiger partial charge is 0.417 e. The second kappa shape index (κ2) is 6.50. The topological polar surface area (TPSA) is 64.6 Å². The molecule has 0 bridgehead atoms. The Hall–Kier alpha value is -2.11. The van der Waals surface area contributed by atoms with Crippen molar-refractivity contribution in [3.63, 3.8) is 0 Å². The number of nitrogens with zero attached hydrogens (tertiary/aromatic N) is 5. The molecule has 0 saturated carbocycles. The van der Waals surface area contributed by atoms with Crippen LogP contribution in [0.5, 0.6) is 0 Å². The van der Waals surface area contributed by atoms with E-state index in [2.05, 4.69) is 15.2 Å². The first-order valence-corrected chi connectivity index (χ1v) is 9.69. The van der Waals surface area contributed by atoms with E-state index in [-0.39, 0.29) is 27.1 Å². The quantitative estimate of drug-likeness (QED) is 0.457. The molecule has 0 radical (unpaired) electrons. The van der Waals surface area contributed by atoms with Gasteiger partial charge >= 0.3 is 6.18 Å². The van der Waals surface area contributed by atoms with E-state index in [0.717, 1.165) is 29.7 Å². The Morgan fingerprint density at radius 3 is 2.81 bits per heavy atom.